The number of nitrogens with two attached hydrogens (primary N) is 1. The van der Waals surface area contributed by atoms with Gasteiger partial charge in [0, 0.05) is 18.0 Å². The maximum Gasteiger partial charge on any atom is 0.220 e. The molecule has 0 aromatic heterocycles. The Morgan fingerprint density at radius 1 is 1.25 bits per heavy atom. The fourth-order valence-electron chi connectivity index (χ4n) is 2.23. The van der Waals surface area contributed by atoms with Crippen molar-refractivity contribution in [2.45, 2.75) is 39.7 Å². The van der Waals surface area contributed by atoms with Gasteiger partial charge >= 0.3 is 0 Å². The number of nitrogens with one attached hydrogen (secondary N) is 1. The first-order chi connectivity index (χ1) is 9.52. The molecule has 1 unspecified atom stereocenters. The number of carbonyl (C=O) groups excluding carboxylic acids is 1. The van der Waals surface area contributed by atoms with E-state index in [1.165, 1.54) is 0 Å². The van der Waals surface area contributed by atoms with Crippen molar-refractivity contribution in [2.75, 3.05) is 6.54 Å². The van der Waals surface area contributed by atoms with Crippen LogP contribution in [0, 0.1) is 11.8 Å². The van der Waals surface area contributed by atoms with Gasteiger partial charge in [-0.1, -0.05) is 37.6 Å². The number of halogens is 1. The maximum absolute atomic E-state index is 11.8. The zero-order valence-corrected chi connectivity index (χ0v) is 13.1. The summed E-state index contributed by atoms with van der Waals surface area (Å²) >= 11 is 5.82. The molecule has 112 valence electrons. The molecule has 4 heteroatoms. The van der Waals surface area contributed by atoms with Crippen LogP contribution in [0.2, 0.25) is 5.02 Å². The lowest BCUT2D eigenvalue weighted by molar-refractivity contribution is -0.121. The van der Waals surface area contributed by atoms with E-state index in [1.807, 2.05) is 24.3 Å². The number of rotatable bonds is 8. The number of benzene rings is 1. The third kappa shape index (κ3) is 6.40. The third-order valence-corrected chi connectivity index (χ3v) is 3.88. The molecule has 3 N–H and O–H groups in total. The van der Waals surface area contributed by atoms with Gasteiger partial charge in [0.15, 0.2) is 0 Å². The molecule has 0 aliphatic carbocycles. The van der Waals surface area contributed by atoms with Crippen LogP contribution in [0.3, 0.4) is 0 Å². The zero-order valence-electron chi connectivity index (χ0n) is 12.4. The third-order valence-electron chi connectivity index (χ3n) is 3.63. The minimum absolute atomic E-state index is 0.0996. The van der Waals surface area contributed by atoms with E-state index in [0.29, 0.717) is 36.4 Å². The van der Waals surface area contributed by atoms with Gasteiger partial charge in [-0.05, 0) is 48.9 Å². The number of hydrogen-bond donors (Lipinski definition) is 2. The summed E-state index contributed by atoms with van der Waals surface area (Å²) < 4.78 is 0. The summed E-state index contributed by atoms with van der Waals surface area (Å²) in [6.45, 7) is 5.62. The molecular weight excluding hydrogens is 272 g/mol. The first-order valence-corrected chi connectivity index (χ1v) is 7.62. The van der Waals surface area contributed by atoms with E-state index in [9.17, 15) is 4.79 Å². The van der Waals surface area contributed by atoms with Crippen molar-refractivity contribution >= 4 is 17.5 Å². The fourth-order valence-corrected chi connectivity index (χ4v) is 2.36. The highest BCUT2D eigenvalue weighted by Crippen LogP contribution is 2.20. The monoisotopic (exact) mass is 296 g/mol. The van der Waals surface area contributed by atoms with Crippen LogP contribution in [0.4, 0.5) is 0 Å². The second kappa shape index (κ2) is 8.98. The van der Waals surface area contributed by atoms with Gasteiger partial charge in [-0.15, -0.1) is 0 Å². The Bertz CT molecular complexity index is 403. The number of hydrogen-bond acceptors (Lipinski definition) is 2. The molecule has 1 rings (SSSR count). The molecule has 3 nitrogen and oxygen atoms in total. The Labute approximate surface area is 126 Å². The van der Waals surface area contributed by atoms with Gasteiger partial charge < -0.3 is 11.1 Å². The van der Waals surface area contributed by atoms with E-state index in [-0.39, 0.29) is 5.91 Å². The van der Waals surface area contributed by atoms with Crippen molar-refractivity contribution in [1.29, 1.82) is 0 Å². The summed E-state index contributed by atoms with van der Waals surface area (Å²) in [5.74, 6) is 1.20. The SMILES string of the molecule is CC(C)C(CCN)CCC(=O)NCc1ccc(Cl)cc1. The Balaban J connectivity index is 2.31. The standard InChI is InChI=1S/C16H25ClN2O/c1-12(2)14(9-10-18)5-8-16(20)19-11-13-3-6-15(17)7-4-13/h3-4,6-7,12,14H,5,8-11,18H2,1-2H3,(H,19,20). The highest BCUT2D eigenvalue weighted by atomic mass is 35.5. The summed E-state index contributed by atoms with van der Waals surface area (Å²) in [6.07, 6.45) is 2.46. The van der Waals surface area contributed by atoms with E-state index in [2.05, 4.69) is 19.2 Å². The van der Waals surface area contributed by atoms with Crippen LogP contribution in [0.25, 0.3) is 0 Å². The second-order valence-corrected chi connectivity index (χ2v) is 5.96. The molecule has 1 aromatic carbocycles. The Morgan fingerprint density at radius 3 is 2.45 bits per heavy atom. The summed E-state index contributed by atoms with van der Waals surface area (Å²) in [7, 11) is 0. The van der Waals surface area contributed by atoms with Gasteiger partial charge in [-0.25, -0.2) is 0 Å². The zero-order chi connectivity index (χ0) is 15.0. The van der Waals surface area contributed by atoms with Gasteiger partial charge in [0.25, 0.3) is 0 Å². The molecule has 0 heterocycles. The molecule has 1 aromatic rings. The summed E-state index contributed by atoms with van der Waals surface area (Å²) in [5.41, 5.74) is 6.67. The highest BCUT2D eigenvalue weighted by Gasteiger charge is 2.14. The molecule has 0 bridgehead atoms. The summed E-state index contributed by atoms with van der Waals surface area (Å²) in [5, 5.41) is 3.65. The van der Waals surface area contributed by atoms with Crippen molar-refractivity contribution in [3.63, 3.8) is 0 Å². The molecule has 1 amide bonds. The predicted molar refractivity (Wildman–Crippen MR) is 84.5 cm³/mol. The fraction of sp³-hybridized carbons (Fsp3) is 0.562. The lowest BCUT2D eigenvalue weighted by atomic mass is 9.88. The van der Waals surface area contributed by atoms with E-state index >= 15 is 0 Å². The van der Waals surface area contributed by atoms with Crippen molar-refractivity contribution in [2.24, 2.45) is 17.6 Å². The Hall–Kier alpha value is -1.06. The van der Waals surface area contributed by atoms with Gasteiger partial charge in [-0.2, -0.15) is 0 Å². The van der Waals surface area contributed by atoms with Crippen molar-refractivity contribution in [3.05, 3.63) is 34.9 Å². The quantitative estimate of drug-likeness (QED) is 0.773. The van der Waals surface area contributed by atoms with Gasteiger partial charge in [-0.3, -0.25) is 4.79 Å². The smallest absolute Gasteiger partial charge is 0.220 e. The number of amides is 1. The normalized spacial score (nSPS) is 12.4. The lowest BCUT2D eigenvalue weighted by Crippen LogP contribution is -2.24. The van der Waals surface area contributed by atoms with Gasteiger partial charge in [0.1, 0.15) is 0 Å². The van der Waals surface area contributed by atoms with Crippen molar-refractivity contribution < 1.29 is 4.79 Å². The molecule has 0 aliphatic heterocycles. The van der Waals surface area contributed by atoms with Crippen molar-refractivity contribution in [1.82, 2.24) is 5.32 Å². The summed E-state index contributed by atoms with van der Waals surface area (Å²) in [6, 6.07) is 7.51. The second-order valence-electron chi connectivity index (χ2n) is 5.52. The lowest BCUT2D eigenvalue weighted by Gasteiger charge is -2.19. The molecular formula is C16H25ClN2O. The number of carbonyl (C=O) groups is 1. The van der Waals surface area contributed by atoms with E-state index in [1.54, 1.807) is 0 Å². The molecule has 1 atom stereocenters. The molecule has 0 aliphatic rings. The van der Waals surface area contributed by atoms with Crippen LogP contribution in [0.5, 0.6) is 0 Å². The van der Waals surface area contributed by atoms with E-state index in [0.717, 1.165) is 18.4 Å². The Kier molecular flexibility index (Phi) is 7.63. The first-order valence-electron chi connectivity index (χ1n) is 7.24. The molecule has 0 saturated heterocycles. The van der Waals surface area contributed by atoms with E-state index in [4.69, 9.17) is 17.3 Å². The van der Waals surface area contributed by atoms with Crippen LogP contribution < -0.4 is 11.1 Å². The Morgan fingerprint density at radius 2 is 1.90 bits per heavy atom. The minimum Gasteiger partial charge on any atom is -0.352 e. The molecule has 0 saturated carbocycles. The van der Waals surface area contributed by atoms with Gasteiger partial charge in [0.2, 0.25) is 5.91 Å². The average Bonchev–Trinajstić information content (AvgIpc) is 2.42. The molecule has 0 spiro atoms. The van der Waals surface area contributed by atoms with Gasteiger partial charge in [0.05, 0.1) is 0 Å². The van der Waals surface area contributed by atoms with E-state index < -0.39 is 0 Å². The largest absolute Gasteiger partial charge is 0.352 e. The summed E-state index contributed by atoms with van der Waals surface area (Å²) in [4.78, 5) is 11.8. The maximum atomic E-state index is 11.8. The molecule has 0 fully saturated rings. The average molecular weight is 297 g/mol. The van der Waals surface area contributed by atoms with Crippen molar-refractivity contribution in [3.8, 4) is 0 Å². The van der Waals surface area contributed by atoms with Crippen LogP contribution in [0.1, 0.15) is 38.7 Å². The minimum atomic E-state index is 0.0996. The highest BCUT2D eigenvalue weighted by molar-refractivity contribution is 6.30. The first kappa shape index (κ1) is 17.0. The molecule has 0 radical (unpaired) electrons. The van der Waals surface area contributed by atoms with Crippen LogP contribution in [0.15, 0.2) is 24.3 Å². The van der Waals surface area contributed by atoms with Crippen LogP contribution in [-0.4, -0.2) is 12.5 Å². The van der Waals surface area contributed by atoms with Crippen LogP contribution >= 0.6 is 11.6 Å². The molecule has 20 heavy (non-hydrogen) atoms. The van der Waals surface area contributed by atoms with Crippen LogP contribution in [-0.2, 0) is 11.3 Å². The topological polar surface area (TPSA) is 55.1 Å². The predicted octanol–water partition coefficient (Wildman–Crippen LogP) is 3.36.